The van der Waals surface area contributed by atoms with Crippen LogP contribution in [0.5, 0.6) is 0 Å². The number of fused-ring (bicyclic) bond motifs is 1. The van der Waals surface area contributed by atoms with Crippen molar-refractivity contribution < 1.29 is 4.79 Å². The Bertz CT molecular complexity index is 752. The smallest absolute Gasteiger partial charge is 0.227 e. The van der Waals surface area contributed by atoms with E-state index in [0.29, 0.717) is 12.3 Å². The van der Waals surface area contributed by atoms with E-state index in [1.807, 2.05) is 6.07 Å². The average Bonchev–Trinajstić information content (AvgIpc) is 3.02. The number of H-pyrrole nitrogens is 1. The van der Waals surface area contributed by atoms with Crippen molar-refractivity contribution in [2.75, 3.05) is 6.54 Å². The number of nitrogens with zero attached hydrogens (tertiary/aromatic N) is 1. The Morgan fingerprint density at radius 3 is 2.87 bits per heavy atom. The Morgan fingerprint density at radius 2 is 1.91 bits per heavy atom. The van der Waals surface area contributed by atoms with Crippen LogP contribution in [0.1, 0.15) is 50.5 Å². The highest BCUT2D eigenvalue weighted by atomic mass is 16.2. The van der Waals surface area contributed by atoms with E-state index in [-0.39, 0.29) is 0 Å². The highest BCUT2D eigenvalue weighted by Gasteiger charge is 2.26. The van der Waals surface area contributed by atoms with Crippen LogP contribution in [-0.4, -0.2) is 22.3 Å². The van der Waals surface area contributed by atoms with Crippen LogP contribution >= 0.6 is 0 Å². The Morgan fingerprint density at radius 1 is 1.09 bits per heavy atom. The first-order valence-corrected chi connectivity index (χ1v) is 8.89. The van der Waals surface area contributed by atoms with E-state index in [9.17, 15) is 4.79 Å². The van der Waals surface area contributed by atoms with Crippen LogP contribution in [0, 0.1) is 0 Å². The summed E-state index contributed by atoms with van der Waals surface area (Å²) >= 11 is 0. The summed E-state index contributed by atoms with van der Waals surface area (Å²) in [5.74, 6) is 0.310. The lowest BCUT2D eigenvalue weighted by atomic mass is 9.89. The van der Waals surface area contributed by atoms with Gasteiger partial charge in [0.05, 0.1) is 0 Å². The first-order chi connectivity index (χ1) is 11.3. The molecule has 1 amide bonds. The summed E-state index contributed by atoms with van der Waals surface area (Å²) in [6.07, 6.45) is 10.7. The van der Waals surface area contributed by atoms with Gasteiger partial charge in [-0.25, -0.2) is 0 Å². The molecule has 0 fully saturated rings. The van der Waals surface area contributed by atoms with Gasteiger partial charge in [0, 0.05) is 35.8 Å². The number of aromatic nitrogens is 1. The van der Waals surface area contributed by atoms with Gasteiger partial charge < -0.3 is 9.88 Å². The molecule has 0 atom stereocenters. The lowest BCUT2D eigenvalue weighted by Crippen LogP contribution is -2.35. The standard InChI is InChI=1S/C20H24N2O/c23-20(22-13-5-7-15-6-1-4-10-19(15)22)12-11-16-14-21-18-9-3-2-8-17(16)18/h2-3,8-9,14,21H,1,4-7,10-13H2. The van der Waals surface area contributed by atoms with Crippen LogP contribution in [0.4, 0.5) is 0 Å². The lowest BCUT2D eigenvalue weighted by molar-refractivity contribution is -0.129. The first-order valence-electron chi connectivity index (χ1n) is 8.89. The highest BCUT2D eigenvalue weighted by molar-refractivity contribution is 5.84. The Kier molecular flexibility index (Phi) is 3.94. The number of aromatic amines is 1. The predicted molar refractivity (Wildman–Crippen MR) is 93.1 cm³/mol. The predicted octanol–water partition coefficient (Wildman–Crippen LogP) is 4.55. The third kappa shape index (κ3) is 2.80. The van der Waals surface area contributed by atoms with E-state index in [1.54, 1.807) is 5.57 Å². The molecule has 2 heterocycles. The fourth-order valence-corrected chi connectivity index (χ4v) is 4.12. The van der Waals surface area contributed by atoms with Gasteiger partial charge in [-0.2, -0.15) is 0 Å². The van der Waals surface area contributed by atoms with Crippen LogP contribution < -0.4 is 0 Å². The van der Waals surface area contributed by atoms with E-state index in [4.69, 9.17) is 0 Å². The van der Waals surface area contributed by atoms with Gasteiger partial charge in [0.15, 0.2) is 0 Å². The van der Waals surface area contributed by atoms with E-state index in [2.05, 4.69) is 34.3 Å². The molecule has 23 heavy (non-hydrogen) atoms. The molecule has 1 aliphatic heterocycles. The van der Waals surface area contributed by atoms with Crippen LogP contribution in [-0.2, 0) is 11.2 Å². The molecule has 3 heteroatoms. The van der Waals surface area contributed by atoms with Gasteiger partial charge in [0.2, 0.25) is 5.91 Å². The summed E-state index contributed by atoms with van der Waals surface area (Å²) in [4.78, 5) is 18.2. The first kappa shape index (κ1) is 14.6. The van der Waals surface area contributed by atoms with Crippen LogP contribution in [0.15, 0.2) is 41.7 Å². The molecule has 1 aliphatic carbocycles. The number of benzene rings is 1. The topological polar surface area (TPSA) is 36.1 Å². The monoisotopic (exact) mass is 308 g/mol. The number of para-hydroxylation sites is 1. The molecule has 0 unspecified atom stereocenters. The molecule has 0 spiro atoms. The van der Waals surface area contributed by atoms with Crippen LogP contribution in [0.3, 0.4) is 0 Å². The average molecular weight is 308 g/mol. The molecule has 1 N–H and O–H groups in total. The van der Waals surface area contributed by atoms with E-state index in [1.165, 1.54) is 42.3 Å². The molecule has 4 rings (SSSR count). The minimum Gasteiger partial charge on any atom is -0.361 e. The fourth-order valence-electron chi connectivity index (χ4n) is 4.12. The highest BCUT2D eigenvalue weighted by Crippen LogP contribution is 2.34. The van der Waals surface area contributed by atoms with Crippen molar-refractivity contribution >= 4 is 16.8 Å². The number of rotatable bonds is 3. The van der Waals surface area contributed by atoms with Crippen LogP contribution in [0.25, 0.3) is 10.9 Å². The maximum Gasteiger partial charge on any atom is 0.227 e. The minimum atomic E-state index is 0.310. The maximum absolute atomic E-state index is 12.8. The molecule has 0 saturated carbocycles. The van der Waals surface area contributed by atoms with Crippen molar-refractivity contribution in [1.29, 1.82) is 0 Å². The van der Waals surface area contributed by atoms with Crippen LogP contribution in [0.2, 0.25) is 0 Å². The van der Waals surface area contributed by atoms with E-state index >= 15 is 0 Å². The Balaban J connectivity index is 1.47. The van der Waals surface area contributed by atoms with E-state index in [0.717, 1.165) is 31.3 Å². The molecule has 0 bridgehead atoms. The fraction of sp³-hybridized carbons (Fsp3) is 0.450. The number of allylic oxidation sites excluding steroid dienone is 2. The normalized spacial score (nSPS) is 18.3. The van der Waals surface area contributed by atoms with Gasteiger partial charge in [0.1, 0.15) is 0 Å². The number of hydrogen-bond acceptors (Lipinski definition) is 1. The zero-order valence-electron chi connectivity index (χ0n) is 13.6. The summed E-state index contributed by atoms with van der Waals surface area (Å²) in [6.45, 7) is 0.922. The van der Waals surface area contributed by atoms with Gasteiger partial charge in [-0.05, 0) is 56.6 Å². The summed E-state index contributed by atoms with van der Waals surface area (Å²) in [5, 5.41) is 1.25. The zero-order valence-corrected chi connectivity index (χ0v) is 13.6. The molecular formula is C20H24N2O. The molecular weight excluding hydrogens is 284 g/mol. The second-order valence-corrected chi connectivity index (χ2v) is 6.77. The van der Waals surface area contributed by atoms with Gasteiger partial charge in [-0.3, -0.25) is 4.79 Å². The van der Waals surface area contributed by atoms with Gasteiger partial charge in [0.25, 0.3) is 0 Å². The number of nitrogens with one attached hydrogen (secondary N) is 1. The van der Waals surface area contributed by atoms with Crippen molar-refractivity contribution in [3.8, 4) is 0 Å². The molecule has 2 aliphatic rings. The number of carbonyl (C=O) groups is 1. The summed E-state index contributed by atoms with van der Waals surface area (Å²) in [5.41, 5.74) is 5.34. The molecule has 1 aromatic heterocycles. The van der Waals surface area contributed by atoms with Crippen molar-refractivity contribution in [2.45, 2.75) is 51.4 Å². The SMILES string of the molecule is O=C(CCc1c[nH]c2ccccc12)N1CCCC2=C1CCCC2. The molecule has 2 aromatic rings. The molecule has 1 aromatic carbocycles. The summed E-state index contributed by atoms with van der Waals surface area (Å²) in [7, 11) is 0. The maximum atomic E-state index is 12.8. The quantitative estimate of drug-likeness (QED) is 0.887. The third-order valence-corrected chi connectivity index (χ3v) is 5.32. The van der Waals surface area contributed by atoms with Crippen molar-refractivity contribution in [2.24, 2.45) is 0 Å². The Hall–Kier alpha value is -2.03. The van der Waals surface area contributed by atoms with Gasteiger partial charge >= 0.3 is 0 Å². The van der Waals surface area contributed by atoms with Gasteiger partial charge in [-0.15, -0.1) is 0 Å². The number of hydrogen-bond donors (Lipinski definition) is 1. The third-order valence-electron chi connectivity index (χ3n) is 5.32. The largest absolute Gasteiger partial charge is 0.361 e. The summed E-state index contributed by atoms with van der Waals surface area (Å²) < 4.78 is 0. The lowest BCUT2D eigenvalue weighted by Gasteiger charge is -2.35. The number of carbonyl (C=O) groups excluding carboxylic acids is 1. The molecule has 0 saturated heterocycles. The van der Waals surface area contributed by atoms with E-state index < -0.39 is 0 Å². The minimum absolute atomic E-state index is 0.310. The van der Waals surface area contributed by atoms with Crippen molar-refractivity contribution in [1.82, 2.24) is 9.88 Å². The molecule has 3 nitrogen and oxygen atoms in total. The van der Waals surface area contributed by atoms with Crippen molar-refractivity contribution in [3.05, 3.63) is 47.3 Å². The molecule has 0 radical (unpaired) electrons. The molecule has 120 valence electrons. The summed E-state index contributed by atoms with van der Waals surface area (Å²) in [6, 6.07) is 8.32. The van der Waals surface area contributed by atoms with Gasteiger partial charge in [-0.1, -0.05) is 23.8 Å². The number of aryl methyl sites for hydroxylation is 1. The second kappa shape index (κ2) is 6.23. The Labute approximate surface area is 137 Å². The number of amides is 1. The van der Waals surface area contributed by atoms with Crippen molar-refractivity contribution in [3.63, 3.8) is 0 Å². The zero-order chi connectivity index (χ0) is 15.6. The second-order valence-electron chi connectivity index (χ2n) is 6.77.